The maximum atomic E-state index is 12.5. The summed E-state index contributed by atoms with van der Waals surface area (Å²) in [6.45, 7) is 7.16. The first-order valence-corrected chi connectivity index (χ1v) is 7.76. The summed E-state index contributed by atoms with van der Waals surface area (Å²) in [6.07, 6.45) is 0.515. The topological polar surface area (TPSA) is 29.5 Å². The molecular formula is C13H18BrNO2S. The zero-order valence-corrected chi connectivity index (χ0v) is 13.1. The van der Waals surface area contributed by atoms with Crippen LogP contribution in [0.4, 0.5) is 0 Å². The van der Waals surface area contributed by atoms with Gasteiger partial charge in [-0.15, -0.1) is 11.3 Å². The first kappa shape index (κ1) is 14.2. The number of ketones is 1. The Kier molecular flexibility index (Phi) is 4.59. The summed E-state index contributed by atoms with van der Waals surface area (Å²) in [5.41, 5.74) is -0.403. The van der Waals surface area contributed by atoms with Crippen molar-refractivity contribution in [2.45, 2.75) is 25.8 Å². The number of nitrogens with zero attached hydrogens (tertiary/aromatic N) is 1. The monoisotopic (exact) mass is 331 g/mol. The van der Waals surface area contributed by atoms with E-state index >= 15 is 0 Å². The fourth-order valence-corrected chi connectivity index (χ4v) is 3.57. The smallest absolute Gasteiger partial charge is 0.157 e. The predicted octanol–water partition coefficient (Wildman–Crippen LogP) is 2.73. The Morgan fingerprint density at radius 1 is 1.50 bits per heavy atom. The number of thiophene rings is 1. The molecule has 0 atom stereocenters. The summed E-state index contributed by atoms with van der Waals surface area (Å²) in [6, 6.07) is 2.03. The molecule has 0 radical (unpaired) electrons. The second-order valence-electron chi connectivity index (χ2n) is 4.99. The Hall–Kier alpha value is -0.230. The first-order valence-electron chi connectivity index (χ1n) is 6.09. The molecule has 0 N–H and O–H groups in total. The van der Waals surface area contributed by atoms with Crippen LogP contribution in [-0.4, -0.2) is 42.5 Å². The Labute approximate surface area is 120 Å². The molecule has 1 aromatic rings. The standard InChI is InChI=1S/C13H18BrNO2S/c1-13(2,15-3-5-17-6-4-15)12(16)8-11-7-10(14)9-18-11/h7,9H,3-6,8H2,1-2H3. The van der Waals surface area contributed by atoms with Gasteiger partial charge in [0.15, 0.2) is 5.78 Å². The van der Waals surface area contributed by atoms with Gasteiger partial charge >= 0.3 is 0 Å². The van der Waals surface area contributed by atoms with Gasteiger partial charge in [0.05, 0.1) is 18.8 Å². The van der Waals surface area contributed by atoms with Gasteiger partial charge in [-0.25, -0.2) is 0 Å². The Morgan fingerprint density at radius 3 is 2.72 bits per heavy atom. The minimum Gasteiger partial charge on any atom is -0.379 e. The van der Waals surface area contributed by atoms with Gasteiger partial charge in [0.2, 0.25) is 0 Å². The highest BCUT2D eigenvalue weighted by Gasteiger charge is 2.35. The number of carbonyl (C=O) groups is 1. The molecule has 0 unspecified atom stereocenters. The van der Waals surface area contributed by atoms with E-state index in [0.29, 0.717) is 6.42 Å². The van der Waals surface area contributed by atoms with Gasteiger partial charge in [-0.1, -0.05) is 0 Å². The van der Waals surface area contributed by atoms with Crippen molar-refractivity contribution in [1.82, 2.24) is 4.90 Å². The molecule has 2 rings (SSSR count). The molecule has 18 heavy (non-hydrogen) atoms. The van der Waals surface area contributed by atoms with Crippen molar-refractivity contribution in [2.24, 2.45) is 0 Å². The quantitative estimate of drug-likeness (QED) is 0.849. The molecular weight excluding hydrogens is 314 g/mol. The number of carbonyl (C=O) groups excluding carboxylic acids is 1. The fourth-order valence-electron chi connectivity index (χ4n) is 2.12. The van der Waals surface area contributed by atoms with E-state index in [0.717, 1.165) is 35.7 Å². The van der Waals surface area contributed by atoms with E-state index in [4.69, 9.17) is 4.74 Å². The Balaban J connectivity index is 2.02. The van der Waals surface area contributed by atoms with Gasteiger partial charge in [0.25, 0.3) is 0 Å². The second kappa shape index (κ2) is 5.82. The summed E-state index contributed by atoms with van der Waals surface area (Å²) < 4.78 is 6.39. The van der Waals surface area contributed by atoms with E-state index in [2.05, 4.69) is 20.8 Å². The normalized spacial score (nSPS) is 17.9. The summed E-state index contributed by atoms with van der Waals surface area (Å²) in [7, 11) is 0. The fraction of sp³-hybridized carbons (Fsp3) is 0.615. The molecule has 1 saturated heterocycles. The molecule has 0 saturated carbocycles. The van der Waals surface area contributed by atoms with Gasteiger partial charge in [-0.3, -0.25) is 9.69 Å². The predicted molar refractivity (Wildman–Crippen MR) is 77.2 cm³/mol. The molecule has 0 amide bonds. The number of ether oxygens (including phenoxy) is 1. The lowest BCUT2D eigenvalue weighted by molar-refractivity contribution is -0.131. The van der Waals surface area contributed by atoms with Crippen molar-refractivity contribution in [3.63, 3.8) is 0 Å². The third kappa shape index (κ3) is 3.20. The number of hydrogen-bond acceptors (Lipinski definition) is 4. The molecule has 0 spiro atoms. The molecule has 100 valence electrons. The van der Waals surface area contributed by atoms with Crippen LogP contribution in [0, 0.1) is 0 Å². The third-order valence-electron chi connectivity index (χ3n) is 3.44. The first-order chi connectivity index (χ1) is 8.50. The van der Waals surface area contributed by atoms with E-state index < -0.39 is 5.54 Å². The lowest BCUT2D eigenvalue weighted by Gasteiger charge is -2.39. The van der Waals surface area contributed by atoms with Crippen molar-refractivity contribution in [3.8, 4) is 0 Å². The van der Waals surface area contributed by atoms with E-state index in [-0.39, 0.29) is 5.78 Å². The van der Waals surface area contributed by atoms with Crippen molar-refractivity contribution in [1.29, 1.82) is 0 Å². The zero-order chi connectivity index (χ0) is 13.2. The summed E-state index contributed by atoms with van der Waals surface area (Å²) >= 11 is 5.05. The van der Waals surface area contributed by atoms with Crippen LogP contribution >= 0.6 is 27.3 Å². The molecule has 1 fully saturated rings. The highest BCUT2D eigenvalue weighted by Crippen LogP contribution is 2.24. The largest absolute Gasteiger partial charge is 0.379 e. The highest BCUT2D eigenvalue weighted by molar-refractivity contribution is 9.10. The summed E-state index contributed by atoms with van der Waals surface area (Å²) in [5, 5.41) is 2.02. The SMILES string of the molecule is CC(C)(C(=O)Cc1cc(Br)cs1)N1CCOCC1. The van der Waals surface area contributed by atoms with Crippen molar-refractivity contribution >= 4 is 33.0 Å². The molecule has 1 aromatic heterocycles. The van der Waals surface area contributed by atoms with Crippen molar-refractivity contribution in [2.75, 3.05) is 26.3 Å². The van der Waals surface area contributed by atoms with Crippen LogP contribution in [-0.2, 0) is 16.0 Å². The maximum Gasteiger partial charge on any atom is 0.157 e. The van der Waals surface area contributed by atoms with Crippen LogP contribution in [0.2, 0.25) is 0 Å². The van der Waals surface area contributed by atoms with Crippen molar-refractivity contribution < 1.29 is 9.53 Å². The zero-order valence-electron chi connectivity index (χ0n) is 10.7. The van der Waals surface area contributed by atoms with Gasteiger partial charge in [-0.2, -0.15) is 0 Å². The number of halogens is 1. The Bertz CT molecular complexity index is 424. The van der Waals surface area contributed by atoms with Crippen LogP contribution in [0.5, 0.6) is 0 Å². The lowest BCUT2D eigenvalue weighted by atomic mass is 9.93. The van der Waals surface area contributed by atoms with E-state index in [9.17, 15) is 4.79 Å². The minimum atomic E-state index is -0.403. The van der Waals surface area contributed by atoms with Crippen LogP contribution < -0.4 is 0 Å². The van der Waals surface area contributed by atoms with Gasteiger partial charge in [0.1, 0.15) is 0 Å². The second-order valence-corrected chi connectivity index (χ2v) is 6.90. The van der Waals surface area contributed by atoms with Gasteiger partial charge in [0, 0.05) is 34.2 Å². The number of hydrogen-bond donors (Lipinski definition) is 0. The molecule has 3 nitrogen and oxygen atoms in total. The Morgan fingerprint density at radius 2 is 2.17 bits per heavy atom. The van der Waals surface area contributed by atoms with E-state index in [1.165, 1.54) is 0 Å². The molecule has 0 bridgehead atoms. The van der Waals surface area contributed by atoms with Crippen LogP contribution in [0.1, 0.15) is 18.7 Å². The summed E-state index contributed by atoms with van der Waals surface area (Å²) in [4.78, 5) is 15.8. The molecule has 2 heterocycles. The molecule has 5 heteroatoms. The molecule has 1 aliphatic heterocycles. The average molecular weight is 332 g/mol. The van der Waals surface area contributed by atoms with Gasteiger partial charge in [-0.05, 0) is 35.8 Å². The molecule has 0 aliphatic carbocycles. The molecule has 0 aromatic carbocycles. The van der Waals surface area contributed by atoms with Crippen LogP contribution in [0.25, 0.3) is 0 Å². The minimum absolute atomic E-state index is 0.277. The van der Waals surface area contributed by atoms with E-state index in [1.807, 2.05) is 25.3 Å². The average Bonchev–Trinajstić information content (AvgIpc) is 2.76. The van der Waals surface area contributed by atoms with Crippen molar-refractivity contribution in [3.05, 3.63) is 20.8 Å². The number of Topliss-reactive ketones (excluding diaryl/α,β-unsaturated/α-hetero) is 1. The number of morpholine rings is 1. The molecule has 1 aliphatic rings. The van der Waals surface area contributed by atoms with Crippen LogP contribution in [0.3, 0.4) is 0 Å². The third-order valence-corrected chi connectivity index (χ3v) is 5.14. The van der Waals surface area contributed by atoms with E-state index in [1.54, 1.807) is 11.3 Å². The lowest BCUT2D eigenvalue weighted by Crippen LogP contribution is -2.54. The summed E-state index contributed by atoms with van der Waals surface area (Å²) in [5.74, 6) is 0.277. The highest BCUT2D eigenvalue weighted by atomic mass is 79.9. The van der Waals surface area contributed by atoms with Gasteiger partial charge < -0.3 is 4.74 Å². The maximum absolute atomic E-state index is 12.5. The van der Waals surface area contributed by atoms with Crippen LogP contribution in [0.15, 0.2) is 15.9 Å². The number of rotatable bonds is 4.